The van der Waals surface area contributed by atoms with Crippen molar-refractivity contribution < 1.29 is 14.0 Å². The van der Waals surface area contributed by atoms with Crippen LogP contribution >= 0.6 is 11.6 Å². The Balaban J connectivity index is 1.88. The zero-order chi connectivity index (χ0) is 20.1. The molecule has 0 saturated heterocycles. The van der Waals surface area contributed by atoms with E-state index in [0.29, 0.717) is 22.1 Å². The van der Waals surface area contributed by atoms with Crippen LogP contribution in [-0.4, -0.2) is 30.8 Å². The minimum atomic E-state index is -0.369. The van der Waals surface area contributed by atoms with Crippen molar-refractivity contribution >= 4 is 29.5 Å². The minimum absolute atomic E-state index is 0.121. The van der Waals surface area contributed by atoms with Crippen LogP contribution in [0.3, 0.4) is 0 Å². The van der Waals surface area contributed by atoms with Crippen molar-refractivity contribution in [3.63, 3.8) is 0 Å². The highest BCUT2D eigenvalue weighted by Crippen LogP contribution is 2.24. The fourth-order valence-corrected chi connectivity index (χ4v) is 2.64. The summed E-state index contributed by atoms with van der Waals surface area (Å²) in [5.41, 5.74) is 1.44. The van der Waals surface area contributed by atoms with E-state index >= 15 is 0 Å². The molecule has 3 rings (SSSR count). The van der Waals surface area contributed by atoms with Gasteiger partial charge in [0.1, 0.15) is 17.2 Å². The summed E-state index contributed by atoms with van der Waals surface area (Å²) in [5.74, 6) is 0.373. The summed E-state index contributed by atoms with van der Waals surface area (Å²) in [5, 5.41) is 3.31. The summed E-state index contributed by atoms with van der Waals surface area (Å²) in [6.45, 7) is 0. The molecule has 1 N–H and O–H groups in total. The Bertz CT molecular complexity index is 1010. The van der Waals surface area contributed by atoms with E-state index in [9.17, 15) is 9.59 Å². The first-order valence-electron chi connectivity index (χ1n) is 8.59. The number of benzene rings is 2. The first-order valence-corrected chi connectivity index (χ1v) is 8.97. The quantitative estimate of drug-likeness (QED) is 0.650. The average molecular weight is 395 g/mol. The average Bonchev–Trinajstić information content (AvgIpc) is 3.16. The Morgan fingerprint density at radius 1 is 0.964 bits per heavy atom. The van der Waals surface area contributed by atoms with Crippen LogP contribution in [0.4, 0.5) is 0 Å². The van der Waals surface area contributed by atoms with E-state index in [2.05, 4.69) is 5.32 Å². The van der Waals surface area contributed by atoms with Crippen LogP contribution in [0.1, 0.15) is 16.1 Å². The van der Waals surface area contributed by atoms with E-state index in [1.165, 1.54) is 11.0 Å². The van der Waals surface area contributed by atoms with Crippen LogP contribution in [0.2, 0.25) is 5.02 Å². The molecule has 2 aromatic carbocycles. The number of carbonyl (C=O) groups excluding carboxylic acids is 2. The summed E-state index contributed by atoms with van der Waals surface area (Å²) in [4.78, 5) is 26.4. The fourth-order valence-electron chi connectivity index (χ4n) is 2.52. The molecule has 5 nitrogen and oxygen atoms in total. The number of furan rings is 1. The number of nitrogens with zero attached hydrogens (tertiary/aromatic N) is 1. The lowest BCUT2D eigenvalue weighted by molar-refractivity contribution is -0.124. The SMILES string of the molecule is CN(C)C(=O)/C(=C\c1ccc(-c2ccc(Cl)cc2)o1)NC(=O)c1ccccc1. The second-order valence-electron chi connectivity index (χ2n) is 6.29. The lowest BCUT2D eigenvalue weighted by Gasteiger charge is -2.14. The molecule has 0 fully saturated rings. The third-order valence-corrected chi connectivity index (χ3v) is 4.21. The van der Waals surface area contributed by atoms with E-state index in [4.69, 9.17) is 16.0 Å². The molecule has 0 saturated carbocycles. The molecule has 1 aromatic heterocycles. The van der Waals surface area contributed by atoms with Crippen LogP contribution < -0.4 is 5.32 Å². The molecular weight excluding hydrogens is 376 g/mol. The third-order valence-electron chi connectivity index (χ3n) is 3.96. The first-order chi connectivity index (χ1) is 13.4. The number of nitrogens with one attached hydrogen (secondary N) is 1. The molecule has 0 aliphatic carbocycles. The molecule has 142 valence electrons. The van der Waals surface area contributed by atoms with Gasteiger partial charge in [0.2, 0.25) is 0 Å². The monoisotopic (exact) mass is 394 g/mol. The maximum atomic E-state index is 12.5. The predicted molar refractivity (Wildman–Crippen MR) is 110 cm³/mol. The van der Waals surface area contributed by atoms with Gasteiger partial charge in [0.05, 0.1) is 0 Å². The molecule has 0 spiro atoms. The van der Waals surface area contributed by atoms with Gasteiger partial charge in [-0.05, 0) is 48.5 Å². The number of carbonyl (C=O) groups is 2. The van der Waals surface area contributed by atoms with Gasteiger partial charge in [-0.3, -0.25) is 9.59 Å². The normalized spacial score (nSPS) is 11.2. The van der Waals surface area contributed by atoms with E-state index < -0.39 is 0 Å². The van der Waals surface area contributed by atoms with Crippen molar-refractivity contribution in [2.75, 3.05) is 14.1 Å². The summed E-state index contributed by atoms with van der Waals surface area (Å²) in [7, 11) is 3.23. The van der Waals surface area contributed by atoms with Crippen molar-refractivity contribution in [1.29, 1.82) is 0 Å². The maximum Gasteiger partial charge on any atom is 0.269 e. The molecule has 28 heavy (non-hydrogen) atoms. The van der Waals surface area contributed by atoms with Gasteiger partial charge in [0.15, 0.2) is 0 Å². The van der Waals surface area contributed by atoms with E-state index in [0.717, 1.165) is 5.56 Å². The number of likely N-dealkylation sites (N-methyl/N-ethyl adjacent to an activating group) is 1. The number of hydrogen-bond acceptors (Lipinski definition) is 3. The molecule has 0 atom stereocenters. The second-order valence-corrected chi connectivity index (χ2v) is 6.72. The van der Waals surface area contributed by atoms with Crippen molar-refractivity contribution in [2.45, 2.75) is 0 Å². The zero-order valence-corrected chi connectivity index (χ0v) is 16.2. The molecule has 0 aliphatic rings. The highest BCUT2D eigenvalue weighted by Gasteiger charge is 2.17. The highest BCUT2D eigenvalue weighted by atomic mass is 35.5. The van der Waals surface area contributed by atoms with Crippen molar-refractivity contribution in [3.8, 4) is 11.3 Å². The fraction of sp³-hybridized carbons (Fsp3) is 0.0909. The molecule has 1 heterocycles. The Labute approximate surface area is 168 Å². The molecule has 6 heteroatoms. The van der Waals surface area contributed by atoms with Crippen molar-refractivity contribution in [3.05, 3.63) is 88.8 Å². The lowest BCUT2D eigenvalue weighted by atomic mass is 10.2. The van der Waals surface area contributed by atoms with Gasteiger partial charge in [0.25, 0.3) is 11.8 Å². The molecule has 3 aromatic rings. The summed E-state index contributed by atoms with van der Waals surface area (Å²) in [6.07, 6.45) is 1.52. The van der Waals surface area contributed by atoms with Gasteiger partial charge < -0.3 is 14.6 Å². The number of amides is 2. The molecule has 0 unspecified atom stereocenters. The van der Waals surface area contributed by atoms with Gasteiger partial charge in [-0.2, -0.15) is 0 Å². The van der Waals surface area contributed by atoms with Gasteiger partial charge >= 0.3 is 0 Å². The van der Waals surface area contributed by atoms with Gasteiger partial charge in [-0.1, -0.05) is 29.8 Å². The number of rotatable bonds is 5. The van der Waals surface area contributed by atoms with Gasteiger partial charge in [0, 0.05) is 36.3 Å². The first kappa shape index (κ1) is 19.5. The van der Waals surface area contributed by atoms with Crippen LogP contribution in [0.5, 0.6) is 0 Å². The summed E-state index contributed by atoms with van der Waals surface area (Å²) < 4.78 is 5.82. The van der Waals surface area contributed by atoms with E-state index in [-0.39, 0.29) is 17.5 Å². The lowest BCUT2D eigenvalue weighted by Crippen LogP contribution is -2.34. The van der Waals surface area contributed by atoms with E-state index in [1.54, 1.807) is 62.6 Å². The predicted octanol–water partition coefficient (Wildman–Crippen LogP) is 4.46. The van der Waals surface area contributed by atoms with Gasteiger partial charge in [-0.25, -0.2) is 0 Å². The molecule has 2 amide bonds. The minimum Gasteiger partial charge on any atom is -0.457 e. The van der Waals surface area contributed by atoms with Crippen LogP contribution in [0.25, 0.3) is 17.4 Å². The summed E-state index contributed by atoms with van der Waals surface area (Å²) in [6, 6.07) is 19.5. The topological polar surface area (TPSA) is 62.6 Å². The van der Waals surface area contributed by atoms with Crippen molar-refractivity contribution in [1.82, 2.24) is 10.2 Å². The Morgan fingerprint density at radius 3 is 2.29 bits per heavy atom. The molecular formula is C22H19ClN2O3. The largest absolute Gasteiger partial charge is 0.457 e. The zero-order valence-electron chi connectivity index (χ0n) is 15.5. The molecule has 0 radical (unpaired) electrons. The van der Waals surface area contributed by atoms with Crippen molar-refractivity contribution in [2.24, 2.45) is 0 Å². The van der Waals surface area contributed by atoms with Crippen LogP contribution in [-0.2, 0) is 4.79 Å². The van der Waals surface area contributed by atoms with Crippen LogP contribution in [0, 0.1) is 0 Å². The number of halogens is 1. The Hall–Kier alpha value is -3.31. The Kier molecular flexibility index (Phi) is 5.96. The Morgan fingerprint density at radius 2 is 1.64 bits per heavy atom. The standard InChI is InChI=1S/C22H19ClN2O3/c1-25(2)22(27)19(24-21(26)16-6-4-3-5-7-16)14-18-12-13-20(28-18)15-8-10-17(23)11-9-15/h3-14H,1-2H3,(H,24,26)/b19-14+. The smallest absolute Gasteiger partial charge is 0.269 e. The van der Waals surface area contributed by atoms with Crippen LogP contribution in [0.15, 0.2) is 76.8 Å². The third kappa shape index (κ3) is 4.69. The second kappa shape index (κ2) is 8.59. The highest BCUT2D eigenvalue weighted by molar-refractivity contribution is 6.30. The maximum absolute atomic E-state index is 12.5. The molecule has 0 aliphatic heterocycles. The van der Waals surface area contributed by atoms with Gasteiger partial charge in [-0.15, -0.1) is 0 Å². The number of hydrogen-bond donors (Lipinski definition) is 1. The molecule has 0 bridgehead atoms. The summed E-state index contributed by atoms with van der Waals surface area (Å²) >= 11 is 5.91. The van der Waals surface area contributed by atoms with E-state index in [1.807, 2.05) is 18.2 Å².